The highest BCUT2D eigenvalue weighted by Gasteiger charge is 2.10. The minimum absolute atomic E-state index is 0.0127. The first-order chi connectivity index (χ1) is 6.59. The average molecular weight is 196 g/mol. The molecule has 0 aromatic carbocycles. The maximum absolute atomic E-state index is 10.5. The normalized spacial score (nSPS) is 12.1. The van der Waals surface area contributed by atoms with E-state index >= 15 is 0 Å². The van der Waals surface area contributed by atoms with Crippen molar-refractivity contribution in [1.82, 2.24) is 9.97 Å². The number of nitrogens with two attached hydrogens (primary N) is 1. The molecule has 0 spiro atoms. The molecule has 1 rings (SSSR count). The van der Waals surface area contributed by atoms with E-state index in [1.807, 2.05) is 6.92 Å². The zero-order valence-electron chi connectivity index (χ0n) is 7.77. The van der Waals surface area contributed by atoms with Crippen LogP contribution in [0.4, 0.5) is 5.95 Å². The second-order valence-electron chi connectivity index (χ2n) is 2.82. The van der Waals surface area contributed by atoms with E-state index in [2.05, 4.69) is 15.3 Å². The third-order valence-electron chi connectivity index (χ3n) is 1.58. The number of nitrogens with one attached hydrogen (secondary N) is 1. The highest BCUT2D eigenvalue weighted by molar-refractivity contribution is 5.79. The van der Waals surface area contributed by atoms with Crippen molar-refractivity contribution >= 4 is 11.9 Å². The lowest BCUT2D eigenvalue weighted by Gasteiger charge is -2.07. The second kappa shape index (κ2) is 4.52. The Morgan fingerprint density at radius 3 is 3.07 bits per heavy atom. The summed E-state index contributed by atoms with van der Waals surface area (Å²) in [5.74, 6) is -0.407. The number of carbonyl (C=O) groups excluding carboxylic acids is 1. The molecule has 0 radical (unpaired) electrons. The lowest BCUT2D eigenvalue weighted by atomic mass is 10.3. The molecule has 1 aromatic heterocycles. The molecule has 4 N–H and O–H groups in total. The van der Waals surface area contributed by atoms with E-state index in [1.54, 1.807) is 12.3 Å². The number of primary amides is 1. The standard InChI is InChI=1S/C8H12N4O2/c1-5-2-3-10-8(12-5)11-4-6(13)7(9)14/h2-3,6,13H,4H2,1H3,(H2,9,14)(H,10,11,12). The van der Waals surface area contributed by atoms with Crippen molar-refractivity contribution in [2.75, 3.05) is 11.9 Å². The SMILES string of the molecule is Cc1ccnc(NCC(O)C(N)=O)n1. The van der Waals surface area contributed by atoms with Gasteiger partial charge in [0.2, 0.25) is 11.9 Å². The number of aliphatic hydroxyl groups excluding tert-OH is 1. The van der Waals surface area contributed by atoms with Crippen molar-refractivity contribution in [2.45, 2.75) is 13.0 Å². The molecule has 0 fully saturated rings. The maximum atomic E-state index is 10.5. The number of rotatable bonds is 4. The number of nitrogens with zero attached hydrogens (tertiary/aromatic N) is 2. The summed E-state index contributed by atoms with van der Waals surface area (Å²) < 4.78 is 0. The number of anilines is 1. The first kappa shape index (κ1) is 10.4. The Morgan fingerprint density at radius 1 is 1.79 bits per heavy atom. The number of aliphatic hydroxyl groups is 1. The van der Waals surface area contributed by atoms with E-state index in [-0.39, 0.29) is 6.54 Å². The number of carbonyl (C=O) groups is 1. The number of amides is 1. The van der Waals surface area contributed by atoms with Gasteiger partial charge >= 0.3 is 0 Å². The van der Waals surface area contributed by atoms with Gasteiger partial charge in [-0.3, -0.25) is 4.79 Å². The molecular weight excluding hydrogens is 184 g/mol. The van der Waals surface area contributed by atoms with Gasteiger partial charge in [0.15, 0.2) is 0 Å². The minimum atomic E-state index is -1.22. The third-order valence-corrected chi connectivity index (χ3v) is 1.58. The van der Waals surface area contributed by atoms with Crippen LogP contribution in [0.5, 0.6) is 0 Å². The van der Waals surface area contributed by atoms with Gasteiger partial charge in [-0.1, -0.05) is 0 Å². The predicted molar refractivity (Wildman–Crippen MR) is 50.5 cm³/mol. The largest absolute Gasteiger partial charge is 0.381 e. The second-order valence-corrected chi connectivity index (χ2v) is 2.82. The van der Waals surface area contributed by atoms with Gasteiger partial charge in [-0.2, -0.15) is 0 Å². The van der Waals surface area contributed by atoms with Gasteiger partial charge in [0.05, 0.1) is 6.54 Å². The molecule has 6 nitrogen and oxygen atoms in total. The highest BCUT2D eigenvalue weighted by Crippen LogP contribution is 1.98. The number of aryl methyl sites for hydroxylation is 1. The van der Waals surface area contributed by atoms with E-state index in [0.717, 1.165) is 5.69 Å². The average Bonchev–Trinajstić information content (AvgIpc) is 2.14. The summed E-state index contributed by atoms with van der Waals surface area (Å²) in [6.07, 6.45) is 0.362. The molecule has 0 aliphatic heterocycles. The van der Waals surface area contributed by atoms with E-state index in [0.29, 0.717) is 5.95 Å². The van der Waals surface area contributed by atoms with Crippen LogP contribution in [0.15, 0.2) is 12.3 Å². The van der Waals surface area contributed by atoms with Gasteiger partial charge in [-0.15, -0.1) is 0 Å². The zero-order chi connectivity index (χ0) is 10.6. The van der Waals surface area contributed by atoms with E-state index in [1.165, 1.54) is 0 Å². The smallest absolute Gasteiger partial charge is 0.248 e. The van der Waals surface area contributed by atoms with Crippen molar-refractivity contribution < 1.29 is 9.90 Å². The van der Waals surface area contributed by atoms with Gasteiger partial charge < -0.3 is 16.2 Å². The molecule has 0 aliphatic carbocycles. The van der Waals surface area contributed by atoms with Crippen LogP contribution in [0.2, 0.25) is 0 Å². The molecule has 1 heterocycles. The molecule has 1 amide bonds. The maximum Gasteiger partial charge on any atom is 0.248 e. The van der Waals surface area contributed by atoms with Crippen molar-refractivity contribution in [2.24, 2.45) is 5.73 Å². The van der Waals surface area contributed by atoms with E-state index in [4.69, 9.17) is 10.8 Å². The molecule has 14 heavy (non-hydrogen) atoms. The fourth-order valence-corrected chi connectivity index (χ4v) is 0.823. The Labute approximate surface area is 81.2 Å². The van der Waals surface area contributed by atoms with Gasteiger partial charge in [0.1, 0.15) is 6.10 Å². The summed E-state index contributed by atoms with van der Waals surface area (Å²) in [7, 11) is 0. The molecule has 1 atom stereocenters. The molecule has 0 bridgehead atoms. The van der Waals surface area contributed by atoms with Crippen LogP contribution in [0.3, 0.4) is 0 Å². The molecule has 6 heteroatoms. The minimum Gasteiger partial charge on any atom is -0.381 e. The highest BCUT2D eigenvalue weighted by atomic mass is 16.3. The first-order valence-corrected chi connectivity index (χ1v) is 4.10. The van der Waals surface area contributed by atoms with Crippen molar-refractivity contribution in [3.8, 4) is 0 Å². The van der Waals surface area contributed by atoms with Crippen molar-refractivity contribution in [1.29, 1.82) is 0 Å². The van der Waals surface area contributed by atoms with Crippen molar-refractivity contribution in [3.05, 3.63) is 18.0 Å². The fourth-order valence-electron chi connectivity index (χ4n) is 0.823. The van der Waals surface area contributed by atoms with Crippen LogP contribution in [-0.2, 0) is 4.79 Å². The monoisotopic (exact) mass is 196 g/mol. The van der Waals surface area contributed by atoms with Crippen molar-refractivity contribution in [3.63, 3.8) is 0 Å². The number of aromatic nitrogens is 2. The molecular formula is C8H12N4O2. The molecule has 0 aliphatic rings. The van der Waals surface area contributed by atoms with Gasteiger partial charge in [0, 0.05) is 11.9 Å². The number of hydrogen-bond acceptors (Lipinski definition) is 5. The Balaban J connectivity index is 2.49. The Morgan fingerprint density at radius 2 is 2.50 bits per heavy atom. The van der Waals surface area contributed by atoms with Gasteiger partial charge in [-0.25, -0.2) is 9.97 Å². The number of hydrogen-bond donors (Lipinski definition) is 3. The molecule has 0 saturated heterocycles. The first-order valence-electron chi connectivity index (χ1n) is 4.10. The summed E-state index contributed by atoms with van der Waals surface area (Å²) in [6.45, 7) is 1.83. The van der Waals surface area contributed by atoms with Crippen LogP contribution >= 0.6 is 0 Å². The summed E-state index contributed by atoms with van der Waals surface area (Å²) in [5, 5.41) is 11.8. The zero-order valence-corrected chi connectivity index (χ0v) is 7.77. The molecule has 0 saturated carbocycles. The molecule has 1 unspecified atom stereocenters. The fraction of sp³-hybridized carbons (Fsp3) is 0.375. The summed E-state index contributed by atoms with van der Waals surface area (Å²) in [4.78, 5) is 18.4. The summed E-state index contributed by atoms with van der Waals surface area (Å²) >= 11 is 0. The van der Waals surface area contributed by atoms with Gasteiger partial charge in [0.25, 0.3) is 0 Å². The quantitative estimate of drug-likeness (QED) is 0.576. The van der Waals surface area contributed by atoms with Crippen LogP contribution in [0.25, 0.3) is 0 Å². The van der Waals surface area contributed by atoms with E-state index in [9.17, 15) is 4.79 Å². The Bertz CT molecular complexity index is 329. The predicted octanol–water partition coefficient (Wildman–Crippen LogP) is -0.957. The topological polar surface area (TPSA) is 101 Å². The summed E-state index contributed by atoms with van der Waals surface area (Å²) in [5.41, 5.74) is 5.66. The third kappa shape index (κ3) is 2.98. The van der Waals surface area contributed by atoms with Crippen LogP contribution in [0, 0.1) is 6.92 Å². The lowest BCUT2D eigenvalue weighted by molar-refractivity contribution is -0.125. The summed E-state index contributed by atoms with van der Waals surface area (Å²) in [6, 6.07) is 1.75. The lowest BCUT2D eigenvalue weighted by Crippen LogP contribution is -2.34. The van der Waals surface area contributed by atoms with Crippen LogP contribution < -0.4 is 11.1 Å². The molecule has 76 valence electrons. The van der Waals surface area contributed by atoms with Crippen LogP contribution in [0.1, 0.15) is 5.69 Å². The molecule has 1 aromatic rings. The Kier molecular flexibility index (Phi) is 3.35. The Hall–Kier alpha value is -1.69. The van der Waals surface area contributed by atoms with Crippen LogP contribution in [-0.4, -0.2) is 33.6 Å². The van der Waals surface area contributed by atoms with Gasteiger partial charge in [-0.05, 0) is 13.0 Å². The van der Waals surface area contributed by atoms with E-state index < -0.39 is 12.0 Å².